The van der Waals surface area contributed by atoms with Crippen molar-refractivity contribution >= 4 is 5.91 Å². The van der Waals surface area contributed by atoms with Crippen molar-refractivity contribution in [1.82, 2.24) is 0 Å². The molecule has 0 heterocycles. The van der Waals surface area contributed by atoms with Crippen LogP contribution in [0, 0.1) is 12.7 Å². The van der Waals surface area contributed by atoms with Crippen molar-refractivity contribution in [2.45, 2.75) is 6.92 Å². The van der Waals surface area contributed by atoms with E-state index in [0.717, 1.165) is 0 Å². The van der Waals surface area contributed by atoms with Crippen molar-refractivity contribution in [3.8, 4) is 5.75 Å². The number of rotatable bonds is 2. The van der Waals surface area contributed by atoms with Gasteiger partial charge >= 0.3 is 0 Å². The zero-order valence-corrected chi connectivity index (χ0v) is 7.43. The van der Waals surface area contributed by atoms with Gasteiger partial charge in [0.1, 0.15) is 11.6 Å². The number of carbonyl (C=O) groups is 1. The van der Waals surface area contributed by atoms with Gasteiger partial charge in [-0.05, 0) is 19.1 Å². The Morgan fingerprint density at radius 1 is 1.54 bits per heavy atom. The summed E-state index contributed by atoms with van der Waals surface area (Å²) in [5.41, 5.74) is 5.39. The molecule has 0 aliphatic carbocycles. The van der Waals surface area contributed by atoms with Crippen molar-refractivity contribution < 1.29 is 13.9 Å². The Hall–Kier alpha value is -1.58. The van der Waals surface area contributed by atoms with Crippen LogP contribution < -0.4 is 10.5 Å². The minimum Gasteiger partial charge on any atom is -0.496 e. The van der Waals surface area contributed by atoms with E-state index in [-0.39, 0.29) is 11.1 Å². The molecule has 1 aromatic carbocycles. The Kier molecular flexibility index (Phi) is 2.51. The van der Waals surface area contributed by atoms with Crippen LogP contribution >= 0.6 is 0 Å². The van der Waals surface area contributed by atoms with E-state index in [9.17, 15) is 9.18 Å². The van der Waals surface area contributed by atoms with Crippen LogP contribution in [-0.4, -0.2) is 13.0 Å². The first-order valence-electron chi connectivity index (χ1n) is 3.70. The molecule has 3 nitrogen and oxygen atoms in total. The summed E-state index contributed by atoms with van der Waals surface area (Å²) in [6, 6.07) is 2.61. The SMILES string of the molecule is COc1ccc(F)c(C)c1C(N)=O. The van der Waals surface area contributed by atoms with Gasteiger partial charge in [0.05, 0.1) is 12.7 Å². The maximum atomic E-state index is 13.0. The van der Waals surface area contributed by atoms with Gasteiger partial charge in [0.25, 0.3) is 5.91 Å². The first-order chi connectivity index (χ1) is 6.07. The summed E-state index contributed by atoms with van der Waals surface area (Å²) in [4.78, 5) is 10.9. The van der Waals surface area contributed by atoms with E-state index in [1.165, 1.54) is 26.2 Å². The van der Waals surface area contributed by atoms with Crippen LogP contribution in [0.5, 0.6) is 5.75 Å². The fourth-order valence-corrected chi connectivity index (χ4v) is 1.14. The maximum absolute atomic E-state index is 13.0. The summed E-state index contributed by atoms with van der Waals surface area (Å²) in [6.45, 7) is 1.48. The number of hydrogen-bond acceptors (Lipinski definition) is 2. The zero-order chi connectivity index (χ0) is 10.0. The highest BCUT2D eigenvalue weighted by atomic mass is 19.1. The Labute approximate surface area is 75.3 Å². The molecule has 0 atom stereocenters. The van der Waals surface area contributed by atoms with Crippen LogP contribution in [0.1, 0.15) is 15.9 Å². The molecule has 0 unspecified atom stereocenters. The fourth-order valence-electron chi connectivity index (χ4n) is 1.14. The summed E-state index contributed by atoms with van der Waals surface area (Å²) < 4.78 is 17.9. The molecular weight excluding hydrogens is 173 g/mol. The van der Waals surface area contributed by atoms with E-state index in [4.69, 9.17) is 10.5 Å². The second kappa shape index (κ2) is 3.43. The highest BCUT2D eigenvalue weighted by molar-refractivity contribution is 5.97. The largest absolute Gasteiger partial charge is 0.496 e. The predicted molar refractivity (Wildman–Crippen MR) is 46.2 cm³/mol. The maximum Gasteiger partial charge on any atom is 0.252 e. The molecule has 0 saturated heterocycles. The average molecular weight is 183 g/mol. The van der Waals surface area contributed by atoms with Crippen molar-refractivity contribution in [2.24, 2.45) is 5.73 Å². The van der Waals surface area contributed by atoms with Crippen LogP contribution in [-0.2, 0) is 0 Å². The first kappa shape index (κ1) is 9.51. The van der Waals surface area contributed by atoms with Gasteiger partial charge in [-0.15, -0.1) is 0 Å². The summed E-state index contributed by atoms with van der Waals surface area (Å²) in [7, 11) is 1.40. The van der Waals surface area contributed by atoms with Gasteiger partial charge in [-0.2, -0.15) is 0 Å². The minimum absolute atomic E-state index is 0.0995. The molecule has 1 rings (SSSR count). The average Bonchev–Trinajstić information content (AvgIpc) is 2.08. The van der Waals surface area contributed by atoms with E-state index < -0.39 is 11.7 Å². The monoisotopic (exact) mass is 183 g/mol. The molecule has 2 N–H and O–H groups in total. The molecule has 0 saturated carbocycles. The number of amides is 1. The highest BCUT2D eigenvalue weighted by Crippen LogP contribution is 2.23. The molecule has 1 aromatic rings. The Morgan fingerprint density at radius 2 is 2.15 bits per heavy atom. The van der Waals surface area contributed by atoms with Crippen LogP contribution in [0.25, 0.3) is 0 Å². The molecule has 0 aromatic heterocycles. The van der Waals surface area contributed by atoms with Gasteiger partial charge in [0.15, 0.2) is 0 Å². The quantitative estimate of drug-likeness (QED) is 0.750. The van der Waals surface area contributed by atoms with Gasteiger partial charge in [-0.3, -0.25) is 4.79 Å². The van der Waals surface area contributed by atoms with Crippen molar-refractivity contribution in [1.29, 1.82) is 0 Å². The molecule has 13 heavy (non-hydrogen) atoms. The van der Waals surface area contributed by atoms with Gasteiger partial charge in [-0.25, -0.2) is 4.39 Å². The lowest BCUT2D eigenvalue weighted by molar-refractivity contribution is 0.0996. The lowest BCUT2D eigenvalue weighted by Crippen LogP contribution is -2.15. The normalized spacial score (nSPS) is 9.77. The van der Waals surface area contributed by atoms with Gasteiger partial charge in [0, 0.05) is 5.56 Å². The van der Waals surface area contributed by atoms with Crippen LogP contribution in [0.3, 0.4) is 0 Å². The molecule has 70 valence electrons. The molecule has 0 aliphatic heterocycles. The number of nitrogens with two attached hydrogens (primary N) is 1. The van der Waals surface area contributed by atoms with E-state index >= 15 is 0 Å². The first-order valence-corrected chi connectivity index (χ1v) is 3.70. The predicted octanol–water partition coefficient (Wildman–Crippen LogP) is 1.24. The number of carbonyl (C=O) groups excluding carboxylic acids is 1. The van der Waals surface area contributed by atoms with Crippen LogP contribution in [0.2, 0.25) is 0 Å². The number of ether oxygens (including phenoxy) is 1. The second-order valence-electron chi connectivity index (χ2n) is 2.61. The van der Waals surface area contributed by atoms with Crippen molar-refractivity contribution in [2.75, 3.05) is 7.11 Å². The van der Waals surface area contributed by atoms with Crippen molar-refractivity contribution in [3.05, 3.63) is 29.1 Å². The third-order valence-electron chi connectivity index (χ3n) is 1.83. The third kappa shape index (κ3) is 1.61. The summed E-state index contributed by atoms with van der Waals surface area (Å²) in [6.07, 6.45) is 0. The smallest absolute Gasteiger partial charge is 0.252 e. The lowest BCUT2D eigenvalue weighted by atomic mass is 10.1. The Bertz CT molecular complexity index is 350. The Morgan fingerprint density at radius 3 is 2.62 bits per heavy atom. The van der Waals surface area contributed by atoms with Crippen molar-refractivity contribution in [3.63, 3.8) is 0 Å². The number of primary amides is 1. The van der Waals surface area contributed by atoms with E-state index in [2.05, 4.69) is 0 Å². The molecule has 1 amide bonds. The molecule has 0 radical (unpaired) electrons. The number of benzene rings is 1. The number of methoxy groups -OCH3 is 1. The highest BCUT2D eigenvalue weighted by Gasteiger charge is 2.14. The standard InChI is InChI=1S/C9H10FNO2/c1-5-6(10)3-4-7(13-2)8(5)9(11)12/h3-4H,1-2H3,(H2,11,12). The molecule has 0 fully saturated rings. The van der Waals surface area contributed by atoms with Gasteiger partial charge in [0.2, 0.25) is 0 Å². The van der Waals surface area contributed by atoms with Crippen LogP contribution in [0.4, 0.5) is 4.39 Å². The van der Waals surface area contributed by atoms with E-state index in [1.807, 2.05) is 0 Å². The fraction of sp³-hybridized carbons (Fsp3) is 0.222. The topological polar surface area (TPSA) is 52.3 Å². The second-order valence-corrected chi connectivity index (χ2v) is 2.61. The molecule has 4 heteroatoms. The van der Waals surface area contributed by atoms with Gasteiger partial charge < -0.3 is 10.5 Å². The Balaban J connectivity index is 3.41. The summed E-state index contributed by atoms with van der Waals surface area (Å²) in [5.74, 6) is -0.852. The van der Waals surface area contributed by atoms with Gasteiger partial charge in [-0.1, -0.05) is 0 Å². The molecular formula is C9H10FNO2. The lowest BCUT2D eigenvalue weighted by Gasteiger charge is -2.08. The van der Waals surface area contributed by atoms with E-state index in [1.54, 1.807) is 0 Å². The molecule has 0 spiro atoms. The third-order valence-corrected chi connectivity index (χ3v) is 1.83. The minimum atomic E-state index is -0.686. The molecule has 0 bridgehead atoms. The van der Waals surface area contributed by atoms with Crippen LogP contribution in [0.15, 0.2) is 12.1 Å². The zero-order valence-electron chi connectivity index (χ0n) is 7.43. The van der Waals surface area contributed by atoms with E-state index in [0.29, 0.717) is 5.75 Å². The number of halogens is 1. The number of hydrogen-bond donors (Lipinski definition) is 1. The summed E-state index contributed by atoms with van der Waals surface area (Å²) >= 11 is 0. The molecule has 0 aliphatic rings. The summed E-state index contributed by atoms with van der Waals surface area (Å²) in [5, 5.41) is 0.